The molecule has 0 fully saturated rings. The smallest absolute Gasteiger partial charge is 0.123 e. The van der Waals surface area contributed by atoms with E-state index in [4.69, 9.17) is 4.74 Å². The van der Waals surface area contributed by atoms with Gasteiger partial charge in [0.15, 0.2) is 0 Å². The maximum atomic E-state index is 5.43. The van der Waals surface area contributed by atoms with E-state index in [1.807, 2.05) is 24.9 Å². The zero-order chi connectivity index (χ0) is 11.7. The number of methoxy groups -OCH3 is 1. The third-order valence-corrected chi connectivity index (χ3v) is 5.01. The van der Waals surface area contributed by atoms with Crippen LogP contribution in [0.5, 0.6) is 5.75 Å². The first kappa shape index (κ1) is 12.3. The van der Waals surface area contributed by atoms with Crippen molar-refractivity contribution in [2.24, 2.45) is 0 Å². The Bertz CT molecular complexity index is 397. The molecule has 2 rings (SSSR count). The van der Waals surface area contributed by atoms with E-state index in [-0.39, 0.29) is 0 Å². The first-order valence-electron chi connectivity index (χ1n) is 5.33. The number of halogens is 1. The Morgan fingerprint density at radius 3 is 2.88 bits per heavy atom. The maximum absolute atomic E-state index is 5.43. The van der Waals surface area contributed by atoms with Crippen molar-refractivity contribution in [3.63, 3.8) is 0 Å². The number of fused-ring (bicyclic) bond motifs is 1. The topological polar surface area (TPSA) is 21.3 Å². The third-order valence-electron chi connectivity index (χ3n) is 3.06. The Hall–Kier alpha value is -0.190. The van der Waals surface area contributed by atoms with Gasteiger partial charge in [-0.05, 0) is 24.7 Å². The Labute approximate surface area is 109 Å². The van der Waals surface area contributed by atoms with E-state index in [1.54, 1.807) is 7.11 Å². The van der Waals surface area contributed by atoms with Crippen molar-refractivity contribution in [2.75, 3.05) is 14.2 Å². The molecule has 0 aromatic heterocycles. The van der Waals surface area contributed by atoms with E-state index in [2.05, 4.69) is 34.2 Å². The van der Waals surface area contributed by atoms with E-state index in [1.165, 1.54) is 15.6 Å². The van der Waals surface area contributed by atoms with Crippen LogP contribution in [0.1, 0.15) is 24.1 Å². The van der Waals surface area contributed by atoms with Crippen LogP contribution in [0.25, 0.3) is 0 Å². The lowest BCUT2D eigenvalue weighted by molar-refractivity contribution is 0.408. The number of nitrogens with one attached hydrogen (secondary N) is 1. The molecule has 88 valence electrons. The normalized spacial score (nSPS) is 24.0. The molecule has 1 heterocycles. The molecule has 1 aromatic rings. The van der Waals surface area contributed by atoms with E-state index < -0.39 is 0 Å². The highest BCUT2D eigenvalue weighted by Crippen LogP contribution is 2.44. The zero-order valence-electron chi connectivity index (χ0n) is 9.71. The summed E-state index contributed by atoms with van der Waals surface area (Å²) in [6, 6.07) is 4.50. The largest absolute Gasteiger partial charge is 0.496 e. The van der Waals surface area contributed by atoms with Crippen LogP contribution in [0.4, 0.5) is 0 Å². The minimum atomic E-state index is 0.387. The molecule has 2 unspecified atom stereocenters. The fraction of sp³-hybridized carbons (Fsp3) is 0.500. The van der Waals surface area contributed by atoms with Crippen LogP contribution in [0, 0.1) is 0 Å². The molecular formula is C12H16BrNOS. The van der Waals surface area contributed by atoms with Gasteiger partial charge in [0, 0.05) is 27.1 Å². The van der Waals surface area contributed by atoms with Crippen LogP contribution < -0.4 is 10.1 Å². The quantitative estimate of drug-likeness (QED) is 0.905. The first-order chi connectivity index (χ1) is 7.69. The van der Waals surface area contributed by atoms with Crippen LogP contribution in [0.15, 0.2) is 16.6 Å². The summed E-state index contributed by atoms with van der Waals surface area (Å²) < 4.78 is 6.61. The molecule has 0 amide bonds. The molecule has 16 heavy (non-hydrogen) atoms. The minimum absolute atomic E-state index is 0.387. The Kier molecular flexibility index (Phi) is 3.82. The summed E-state index contributed by atoms with van der Waals surface area (Å²) in [5.74, 6) is 2.02. The third kappa shape index (κ3) is 1.98. The molecule has 0 saturated heterocycles. The van der Waals surface area contributed by atoms with Gasteiger partial charge < -0.3 is 10.1 Å². The Morgan fingerprint density at radius 1 is 1.50 bits per heavy atom. The van der Waals surface area contributed by atoms with Crippen molar-refractivity contribution in [3.8, 4) is 5.75 Å². The number of hydrogen-bond donors (Lipinski definition) is 1. The van der Waals surface area contributed by atoms with Crippen LogP contribution in [-0.2, 0) is 5.75 Å². The van der Waals surface area contributed by atoms with Gasteiger partial charge in [0.2, 0.25) is 0 Å². The summed E-state index contributed by atoms with van der Waals surface area (Å²) in [7, 11) is 3.75. The van der Waals surface area contributed by atoms with Crippen molar-refractivity contribution in [2.45, 2.75) is 24.0 Å². The van der Waals surface area contributed by atoms with E-state index in [0.29, 0.717) is 11.3 Å². The molecule has 0 aliphatic carbocycles. The molecule has 0 spiro atoms. The van der Waals surface area contributed by atoms with Crippen molar-refractivity contribution in [1.82, 2.24) is 5.32 Å². The second-order valence-electron chi connectivity index (χ2n) is 3.92. The molecule has 1 aromatic carbocycles. The standard InChI is InChI=1S/C12H16BrNOS/c1-7-12(14-2)11-8(6-16-7)10(15-3)5-4-9(11)13/h4-5,7,12,14H,6H2,1-3H3. The second kappa shape index (κ2) is 4.98. The predicted molar refractivity (Wildman–Crippen MR) is 73.3 cm³/mol. The molecule has 2 atom stereocenters. The van der Waals surface area contributed by atoms with Gasteiger partial charge in [-0.1, -0.05) is 22.9 Å². The maximum Gasteiger partial charge on any atom is 0.123 e. The fourth-order valence-electron chi connectivity index (χ4n) is 2.22. The number of rotatable bonds is 2. The van der Waals surface area contributed by atoms with Crippen LogP contribution in [-0.4, -0.2) is 19.4 Å². The number of hydrogen-bond acceptors (Lipinski definition) is 3. The molecule has 0 radical (unpaired) electrons. The van der Waals surface area contributed by atoms with E-state index in [0.717, 1.165) is 11.5 Å². The van der Waals surface area contributed by atoms with Gasteiger partial charge >= 0.3 is 0 Å². The van der Waals surface area contributed by atoms with Crippen molar-refractivity contribution >= 4 is 27.7 Å². The molecular weight excluding hydrogens is 286 g/mol. The summed E-state index contributed by atoms with van der Waals surface area (Å²) in [5.41, 5.74) is 2.67. The van der Waals surface area contributed by atoms with Crippen LogP contribution in [0.3, 0.4) is 0 Å². The van der Waals surface area contributed by atoms with E-state index in [9.17, 15) is 0 Å². The second-order valence-corrected chi connectivity index (χ2v) is 6.14. The summed E-state index contributed by atoms with van der Waals surface area (Å²) in [5, 5.41) is 3.98. The van der Waals surface area contributed by atoms with Crippen molar-refractivity contribution < 1.29 is 4.74 Å². The van der Waals surface area contributed by atoms with Crippen molar-refractivity contribution in [3.05, 3.63) is 27.7 Å². The highest BCUT2D eigenvalue weighted by molar-refractivity contribution is 9.10. The van der Waals surface area contributed by atoms with Gasteiger partial charge in [0.05, 0.1) is 7.11 Å². The average molecular weight is 302 g/mol. The lowest BCUT2D eigenvalue weighted by Gasteiger charge is -2.32. The van der Waals surface area contributed by atoms with Gasteiger partial charge in [0.25, 0.3) is 0 Å². The summed E-state index contributed by atoms with van der Waals surface area (Å²) in [6.07, 6.45) is 0. The number of thioether (sulfide) groups is 1. The number of ether oxygens (including phenoxy) is 1. The molecule has 4 heteroatoms. The molecule has 0 saturated carbocycles. The Balaban J connectivity index is 2.55. The fourth-order valence-corrected chi connectivity index (χ4v) is 4.03. The molecule has 1 aliphatic rings. The summed E-state index contributed by atoms with van der Waals surface area (Å²) in [6.45, 7) is 2.26. The molecule has 1 aliphatic heterocycles. The van der Waals surface area contributed by atoms with Crippen LogP contribution in [0.2, 0.25) is 0 Å². The lowest BCUT2D eigenvalue weighted by Crippen LogP contribution is -2.29. The van der Waals surface area contributed by atoms with Gasteiger partial charge in [0.1, 0.15) is 5.75 Å². The van der Waals surface area contributed by atoms with Crippen molar-refractivity contribution in [1.29, 1.82) is 0 Å². The SMILES string of the molecule is CNC1c2c(Br)ccc(OC)c2CSC1C. The highest BCUT2D eigenvalue weighted by atomic mass is 79.9. The van der Waals surface area contributed by atoms with Gasteiger partial charge in [-0.25, -0.2) is 0 Å². The highest BCUT2D eigenvalue weighted by Gasteiger charge is 2.29. The molecule has 2 nitrogen and oxygen atoms in total. The molecule has 1 N–H and O–H groups in total. The van der Waals surface area contributed by atoms with Gasteiger partial charge in [-0.2, -0.15) is 11.8 Å². The average Bonchev–Trinajstić information content (AvgIpc) is 2.30. The zero-order valence-corrected chi connectivity index (χ0v) is 12.1. The summed E-state index contributed by atoms with van der Waals surface area (Å²) in [4.78, 5) is 0. The monoisotopic (exact) mass is 301 g/mol. The first-order valence-corrected chi connectivity index (χ1v) is 7.17. The Morgan fingerprint density at radius 2 is 2.25 bits per heavy atom. The minimum Gasteiger partial charge on any atom is -0.496 e. The summed E-state index contributed by atoms with van der Waals surface area (Å²) >= 11 is 5.62. The predicted octanol–water partition coefficient (Wildman–Crippen LogP) is 3.35. The number of benzene rings is 1. The van der Waals surface area contributed by atoms with Gasteiger partial charge in [-0.15, -0.1) is 0 Å². The molecule has 0 bridgehead atoms. The lowest BCUT2D eigenvalue weighted by atomic mass is 9.97. The van der Waals surface area contributed by atoms with Crippen LogP contribution >= 0.6 is 27.7 Å². The van der Waals surface area contributed by atoms with E-state index >= 15 is 0 Å². The van der Waals surface area contributed by atoms with Gasteiger partial charge in [-0.3, -0.25) is 0 Å².